The molecule has 4 fully saturated rings. The molecule has 5 aliphatic rings. The first-order chi connectivity index (χ1) is 16.5. The molecule has 4 nitrogen and oxygen atoms in total. The number of halogens is 2. The van der Waals surface area contributed by atoms with E-state index in [0.29, 0.717) is 31.7 Å². The summed E-state index contributed by atoms with van der Waals surface area (Å²) >= 11 is 0. The number of ketones is 2. The molecule has 8 unspecified atom stereocenters. The van der Waals surface area contributed by atoms with Crippen LogP contribution in [0.25, 0.3) is 0 Å². The maximum atomic E-state index is 17.4. The number of hydrogen-bond acceptors (Lipinski definition) is 4. The van der Waals surface area contributed by atoms with Crippen LogP contribution in [0.2, 0.25) is 0 Å². The lowest BCUT2D eigenvalue weighted by molar-refractivity contribution is -0.206. The van der Waals surface area contributed by atoms with E-state index < -0.39 is 40.6 Å². The second-order valence-electron chi connectivity index (χ2n) is 12.6. The van der Waals surface area contributed by atoms with Crippen LogP contribution in [0.5, 0.6) is 0 Å². The number of fused-ring (bicyclic) bond motifs is 7. The minimum absolute atomic E-state index is 0.0158. The van der Waals surface area contributed by atoms with Crippen molar-refractivity contribution in [2.24, 2.45) is 39.9 Å². The Balaban J connectivity index is 1.54. The molecule has 0 aromatic rings. The first kappa shape index (κ1) is 25.3. The number of Topliss-reactive ketones (excluding diaryl/α,β-unsaturated/α-hetero) is 1. The summed E-state index contributed by atoms with van der Waals surface area (Å²) in [6.07, 6.45) is 7.49. The van der Waals surface area contributed by atoms with E-state index in [1.54, 1.807) is 12.2 Å². The summed E-state index contributed by atoms with van der Waals surface area (Å²) in [7, 11) is 0. The number of aliphatic hydroxyl groups excluding tert-OH is 1. The van der Waals surface area contributed by atoms with Gasteiger partial charge in [0.05, 0.1) is 11.5 Å². The van der Waals surface area contributed by atoms with Crippen LogP contribution in [0.15, 0.2) is 23.8 Å². The predicted octanol–water partition coefficient (Wildman–Crippen LogP) is 4.86. The first-order valence-corrected chi connectivity index (χ1v) is 13.6. The summed E-state index contributed by atoms with van der Waals surface area (Å²) in [5, 5.41) is 11.6. The first-order valence-electron chi connectivity index (χ1n) is 13.6. The second kappa shape index (κ2) is 8.31. The van der Waals surface area contributed by atoms with Gasteiger partial charge >= 0.3 is 0 Å². The number of rotatable bonds is 6. The normalized spacial score (nSPS) is 46.7. The largest absolute Gasteiger partial charge is 0.390 e. The molecular weight excluding hydrogens is 448 g/mol. The number of alkyl halides is 2. The fraction of sp³-hybridized carbons (Fsp3) is 0.793. The molecule has 1 heterocycles. The molecule has 0 bridgehead atoms. The molecule has 5 rings (SSSR count). The third kappa shape index (κ3) is 3.08. The highest BCUT2D eigenvalue weighted by molar-refractivity contribution is 6.01. The predicted molar refractivity (Wildman–Crippen MR) is 131 cm³/mol. The molecule has 35 heavy (non-hydrogen) atoms. The fourth-order valence-corrected chi connectivity index (χ4v) is 9.56. The average Bonchev–Trinajstić information content (AvgIpc) is 3.31. The van der Waals surface area contributed by atoms with Crippen molar-refractivity contribution in [3.63, 3.8) is 0 Å². The van der Waals surface area contributed by atoms with Gasteiger partial charge in [-0.1, -0.05) is 45.3 Å². The number of carbonyl (C=O) groups excluding carboxylic acids is 2. The Kier molecular flexibility index (Phi) is 5.99. The van der Waals surface area contributed by atoms with Crippen molar-refractivity contribution >= 4 is 11.6 Å². The molecule has 0 aromatic carbocycles. The van der Waals surface area contributed by atoms with Crippen molar-refractivity contribution in [2.45, 2.75) is 78.0 Å². The zero-order valence-corrected chi connectivity index (χ0v) is 21.7. The summed E-state index contributed by atoms with van der Waals surface area (Å²) in [6, 6.07) is 0. The standard InChI is InChI=1S/C29H41F2NO3/c1-5-18(6-2)15-32-16-20-12-23-22-8-7-19-11-21(33)9-10-26(19,3)29(22,31)24(34)13-27(23,4)28(20,17-32)25(35)14-30/h9-11,18,20,22-24,34H,5-8,12-17H2,1-4H3. The quantitative estimate of drug-likeness (QED) is 0.579. The topological polar surface area (TPSA) is 57.6 Å². The van der Waals surface area contributed by atoms with Crippen LogP contribution in [0.4, 0.5) is 8.78 Å². The van der Waals surface area contributed by atoms with Crippen molar-refractivity contribution < 1.29 is 23.5 Å². The summed E-state index contributed by atoms with van der Waals surface area (Å²) in [4.78, 5) is 27.9. The highest BCUT2D eigenvalue weighted by Crippen LogP contribution is 2.74. The van der Waals surface area contributed by atoms with Crippen LogP contribution < -0.4 is 0 Å². The van der Waals surface area contributed by atoms with Gasteiger partial charge in [-0.2, -0.15) is 0 Å². The molecule has 1 saturated heterocycles. The van der Waals surface area contributed by atoms with Crippen LogP contribution in [0.3, 0.4) is 0 Å². The van der Waals surface area contributed by atoms with Gasteiger partial charge in [0.15, 0.2) is 17.2 Å². The molecule has 3 saturated carbocycles. The summed E-state index contributed by atoms with van der Waals surface area (Å²) < 4.78 is 31.6. The van der Waals surface area contributed by atoms with Gasteiger partial charge in [-0.15, -0.1) is 0 Å². The highest BCUT2D eigenvalue weighted by atomic mass is 19.1. The van der Waals surface area contributed by atoms with Gasteiger partial charge in [0, 0.05) is 31.0 Å². The maximum Gasteiger partial charge on any atom is 0.178 e. The minimum atomic E-state index is -1.91. The molecule has 194 valence electrons. The Morgan fingerprint density at radius 2 is 1.97 bits per heavy atom. The Bertz CT molecular complexity index is 975. The number of likely N-dealkylation sites (tertiary alicyclic amines) is 1. The summed E-state index contributed by atoms with van der Waals surface area (Å²) in [5.74, 6) is -0.499. The Morgan fingerprint density at radius 3 is 2.63 bits per heavy atom. The molecule has 0 spiro atoms. The molecule has 0 aromatic heterocycles. The SMILES string of the molecule is CCC(CC)CN1CC2CC3C4CCC5=CC(=O)C=CC5(C)C4(F)C(O)CC3(C)C2(C(=O)CF)C1. The molecule has 8 atom stereocenters. The van der Waals surface area contributed by atoms with Gasteiger partial charge < -0.3 is 10.0 Å². The third-order valence-electron chi connectivity index (χ3n) is 11.5. The van der Waals surface area contributed by atoms with Gasteiger partial charge in [-0.25, -0.2) is 8.78 Å². The molecule has 6 heteroatoms. The number of nitrogens with zero attached hydrogens (tertiary/aromatic N) is 1. The third-order valence-corrected chi connectivity index (χ3v) is 11.5. The van der Waals surface area contributed by atoms with E-state index in [1.807, 2.05) is 13.8 Å². The lowest BCUT2D eigenvalue weighted by Gasteiger charge is -2.63. The van der Waals surface area contributed by atoms with Gasteiger partial charge in [-0.3, -0.25) is 9.59 Å². The van der Waals surface area contributed by atoms with Crippen LogP contribution in [-0.4, -0.2) is 59.7 Å². The molecule has 0 radical (unpaired) electrons. The van der Waals surface area contributed by atoms with E-state index in [4.69, 9.17) is 0 Å². The van der Waals surface area contributed by atoms with Crippen molar-refractivity contribution in [2.75, 3.05) is 26.3 Å². The molecule has 0 amide bonds. The van der Waals surface area contributed by atoms with E-state index in [1.165, 1.54) is 6.08 Å². The monoisotopic (exact) mass is 489 g/mol. The zero-order valence-electron chi connectivity index (χ0n) is 21.7. The van der Waals surface area contributed by atoms with Crippen molar-refractivity contribution in [3.8, 4) is 0 Å². The fourth-order valence-electron chi connectivity index (χ4n) is 9.56. The lowest BCUT2D eigenvalue weighted by atomic mass is 9.43. The van der Waals surface area contributed by atoms with Crippen LogP contribution >= 0.6 is 0 Å². The van der Waals surface area contributed by atoms with Crippen LogP contribution in [0, 0.1) is 39.9 Å². The number of carbonyl (C=O) groups is 2. The summed E-state index contributed by atoms with van der Waals surface area (Å²) in [6.45, 7) is 9.38. The maximum absolute atomic E-state index is 17.4. The van der Waals surface area contributed by atoms with Crippen molar-refractivity contribution in [1.82, 2.24) is 4.90 Å². The zero-order chi connectivity index (χ0) is 25.4. The van der Waals surface area contributed by atoms with E-state index in [2.05, 4.69) is 18.7 Å². The molecule has 1 aliphatic heterocycles. The summed E-state index contributed by atoms with van der Waals surface area (Å²) in [5.41, 5.74) is -3.73. The van der Waals surface area contributed by atoms with E-state index in [0.717, 1.165) is 31.5 Å². The second-order valence-corrected chi connectivity index (χ2v) is 12.6. The molecule has 4 aliphatic carbocycles. The Morgan fingerprint density at radius 1 is 1.26 bits per heavy atom. The van der Waals surface area contributed by atoms with E-state index >= 15 is 4.39 Å². The Labute approximate surface area is 208 Å². The van der Waals surface area contributed by atoms with Crippen molar-refractivity contribution in [3.05, 3.63) is 23.8 Å². The van der Waals surface area contributed by atoms with Gasteiger partial charge in [-0.05, 0) is 67.9 Å². The number of aliphatic hydroxyl groups is 1. The van der Waals surface area contributed by atoms with Gasteiger partial charge in [0.2, 0.25) is 0 Å². The highest BCUT2D eigenvalue weighted by Gasteiger charge is 2.77. The number of hydrogen-bond donors (Lipinski definition) is 1. The van der Waals surface area contributed by atoms with Gasteiger partial charge in [0.1, 0.15) is 6.67 Å². The average molecular weight is 490 g/mol. The van der Waals surface area contributed by atoms with Crippen molar-refractivity contribution in [1.29, 1.82) is 0 Å². The van der Waals surface area contributed by atoms with Crippen LogP contribution in [-0.2, 0) is 9.59 Å². The lowest BCUT2D eigenvalue weighted by Crippen LogP contribution is -2.68. The van der Waals surface area contributed by atoms with E-state index in [-0.39, 0.29) is 29.8 Å². The number of allylic oxidation sites excluding steroid dienone is 4. The van der Waals surface area contributed by atoms with E-state index in [9.17, 15) is 19.1 Å². The minimum Gasteiger partial charge on any atom is -0.390 e. The molecule has 1 N–H and O–H groups in total. The smallest absolute Gasteiger partial charge is 0.178 e. The Hall–Kier alpha value is -1.40. The van der Waals surface area contributed by atoms with Crippen LogP contribution in [0.1, 0.15) is 66.2 Å². The molecular formula is C29H41F2NO3. The van der Waals surface area contributed by atoms with Gasteiger partial charge in [0.25, 0.3) is 0 Å².